The molecule has 1 aromatic rings. The quantitative estimate of drug-likeness (QED) is 0.791. The summed E-state index contributed by atoms with van der Waals surface area (Å²) < 4.78 is 33.7. The molecule has 5 heteroatoms. The van der Waals surface area contributed by atoms with Crippen molar-refractivity contribution < 1.29 is 13.2 Å². The normalized spacial score (nSPS) is 17.2. The Labute approximate surface area is 147 Å². The van der Waals surface area contributed by atoms with E-state index >= 15 is 0 Å². The number of ether oxygens (including phenoxy) is 1. The van der Waals surface area contributed by atoms with Gasteiger partial charge in [0.15, 0.2) is 0 Å². The van der Waals surface area contributed by atoms with Crippen LogP contribution < -0.4 is 4.74 Å². The Morgan fingerprint density at radius 1 is 1.17 bits per heavy atom. The molecule has 0 saturated heterocycles. The van der Waals surface area contributed by atoms with Crippen molar-refractivity contribution >= 4 is 10.0 Å². The minimum Gasteiger partial charge on any atom is -0.492 e. The van der Waals surface area contributed by atoms with Gasteiger partial charge in [-0.05, 0) is 42.9 Å². The third kappa shape index (κ3) is 4.12. The van der Waals surface area contributed by atoms with E-state index < -0.39 is 10.0 Å². The largest absolute Gasteiger partial charge is 0.492 e. The maximum atomic E-state index is 13.3. The molecule has 1 saturated carbocycles. The molecule has 0 spiro atoms. The van der Waals surface area contributed by atoms with Gasteiger partial charge in [0, 0.05) is 13.1 Å². The number of rotatable bonds is 5. The third-order valence-electron chi connectivity index (χ3n) is 4.86. The summed E-state index contributed by atoms with van der Waals surface area (Å²) in [7, 11) is -1.85. The van der Waals surface area contributed by atoms with Crippen molar-refractivity contribution in [2.75, 3.05) is 13.7 Å². The lowest BCUT2D eigenvalue weighted by molar-refractivity contribution is 0.283. The third-order valence-corrected chi connectivity index (χ3v) is 6.79. The Morgan fingerprint density at radius 3 is 2.33 bits per heavy atom. The molecule has 0 N–H and O–H groups in total. The molecule has 2 rings (SSSR count). The van der Waals surface area contributed by atoms with Gasteiger partial charge in [-0.2, -0.15) is 4.31 Å². The molecule has 0 bridgehead atoms. The summed E-state index contributed by atoms with van der Waals surface area (Å²) in [5.41, 5.74) is 0.889. The molecular weight excluding hydrogens is 322 g/mol. The first-order valence-corrected chi connectivity index (χ1v) is 10.4. The summed E-state index contributed by atoms with van der Waals surface area (Å²) in [5.74, 6) is 0.452. The zero-order valence-corrected chi connectivity index (χ0v) is 16.4. The lowest BCUT2D eigenvalue weighted by atomic mass is 9.87. The van der Waals surface area contributed by atoms with Crippen LogP contribution in [0.1, 0.15) is 65.4 Å². The molecule has 24 heavy (non-hydrogen) atoms. The maximum absolute atomic E-state index is 13.3. The van der Waals surface area contributed by atoms with Crippen LogP contribution in [0.4, 0.5) is 0 Å². The molecule has 0 radical (unpaired) electrons. The van der Waals surface area contributed by atoms with E-state index in [-0.39, 0.29) is 11.5 Å². The molecule has 1 fully saturated rings. The highest BCUT2D eigenvalue weighted by atomic mass is 32.2. The zero-order chi connectivity index (χ0) is 18.0. The summed E-state index contributed by atoms with van der Waals surface area (Å²) in [6, 6.07) is 5.65. The van der Waals surface area contributed by atoms with Gasteiger partial charge in [-0.1, -0.05) is 46.1 Å². The van der Waals surface area contributed by atoms with Crippen LogP contribution in [-0.2, 0) is 15.4 Å². The summed E-state index contributed by atoms with van der Waals surface area (Å²) in [5, 5.41) is 0. The predicted octanol–water partition coefficient (Wildman–Crippen LogP) is 4.34. The van der Waals surface area contributed by atoms with Gasteiger partial charge in [-0.15, -0.1) is 0 Å². The molecule has 0 unspecified atom stereocenters. The molecular formula is C19H31NO3S. The van der Waals surface area contributed by atoms with E-state index in [1.807, 2.05) is 13.0 Å². The van der Waals surface area contributed by atoms with Crippen molar-refractivity contribution in [2.45, 2.75) is 76.2 Å². The highest BCUT2D eigenvalue weighted by molar-refractivity contribution is 7.89. The van der Waals surface area contributed by atoms with Gasteiger partial charge in [-0.25, -0.2) is 8.42 Å². The first-order chi connectivity index (χ1) is 11.2. The first-order valence-electron chi connectivity index (χ1n) is 8.93. The van der Waals surface area contributed by atoms with Crippen LogP contribution in [0.5, 0.6) is 5.75 Å². The van der Waals surface area contributed by atoms with Crippen LogP contribution in [0.2, 0.25) is 0 Å². The van der Waals surface area contributed by atoms with E-state index in [9.17, 15) is 8.42 Å². The van der Waals surface area contributed by atoms with Crippen molar-refractivity contribution in [2.24, 2.45) is 0 Å². The van der Waals surface area contributed by atoms with E-state index in [0.29, 0.717) is 17.3 Å². The number of hydrogen-bond acceptors (Lipinski definition) is 3. The zero-order valence-electron chi connectivity index (χ0n) is 15.6. The maximum Gasteiger partial charge on any atom is 0.246 e. The molecule has 4 nitrogen and oxygen atoms in total. The second-order valence-corrected chi connectivity index (χ2v) is 9.62. The van der Waals surface area contributed by atoms with Crippen molar-refractivity contribution in [3.05, 3.63) is 23.8 Å². The summed E-state index contributed by atoms with van der Waals surface area (Å²) in [4.78, 5) is 0.296. The number of benzene rings is 1. The van der Waals surface area contributed by atoms with Crippen molar-refractivity contribution in [3.63, 3.8) is 0 Å². The monoisotopic (exact) mass is 353 g/mol. The average molecular weight is 354 g/mol. The van der Waals surface area contributed by atoms with E-state index in [2.05, 4.69) is 20.8 Å². The van der Waals surface area contributed by atoms with Gasteiger partial charge >= 0.3 is 0 Å². The highest BCUT2D eigenvalue weighted by Gasteiger charge is 2.32. The number of nitrogens with zero attached hydrogens (tertiary/aromatic N) is 1. The molecule has 1 aliphatic rings. The van der Waals surface area contributed by atoms with Crippen molar-refractivity contribution in [3.8, 4) is 5.75 Å². The molecule has 1 aliphatic carbocycles. The molecule has 0 aromatic heterocycles. The summed E-state index contributed by atoms with van der Waals surface area (Å²) >= 11 is 0. The van der Waals surface area contributed by atoms with Crippen molar-refractivity contribution in [1.29, 1.82) is 0 Å². The van der Waals surface area contributed by atoms with Gasteiger partial charge < -0.3 is 4.74 Å². The molecule has 136 valence electrons. The van der Waals surface area contributed by atoms with Crippen LogP contribution in [0.15, 0.2) is 23.1 Å². The SMILES string of the molecule is CCOc1ccc(C(C)(C)C)cc1S(=O)(=O)N(C)C1CCCCC1. The fourth-order valence-electron chi connectivity index (χ4n) is 3.25. The summed E-state index contributed by atoms with van der Waals surface area (Å²) in [6.07, 6.45) is 5.29. The smallest absolute Gasteiger partial charge is 0.246 e. The molecule has 0 atom stereocenters. The average Bonchev–Trinajstić information content (AvgIpc) is 2.54. The Hall–Kier alpha value is -1.07. The van der Waals surface area contributed by atoms with Gasteiger partial charge in [0.1, 0.15) is 10.6 Å². The highest BCUT2D eigenvalue weighted by Crippen LogP contribution is 2.34. The van der Waals surface area contributed by atoms with E-state index in [1.54, 1.807) is 23.5 Å². The minimum atomic E-state index is -3.57. The van der Waals surface area contributed by atoms with Crippen LogP contribution in [0, 0.1) is 0 Å². The topological polar surface area (TPSA) is 46.6 Å². The van der Waals surface area contributed by atoms with Crippen LogP contribution >= 0.6 is 0 Å². The van der Waals surface area contributed by atoms with Crippen LogP contribution in [0.3, 0.4) is 0 Å². The molecule has 1 aromatic carbocycles. The van der Waals surface area contributed by atoms with Crippen LogP contribution in [-0.4, -0.2) is 32.4 Å². The fraction of sp³-hybridized carbons (Fsp3) is 0.684. The van der Waals surface area contributed by atoms with E-state index in [0.717, 1.165) is 31.2 Å². The molecule has 0 heterocycles. The molecule has 0 amide bonds. The Kier molecular flexibility index (Phi) is 5.97. The minimum absolute atomic E-state index is 0.0940. The lowest BCUT2D eigenvalue weighted by Crippen LogP contribution is -2.38. The second-order valence-electron chi connectivity index (χ2n) is 7.66. The fourth-order valence-corrected chi connectivity index (χ4v) is 4.82. The molecule has 0 aliphatic heterocycles. The van der Waals surface area contributed by atoms with E-state index in [4.69, 9.17) is 4.74 Å². The lowest BCUT2D eigenvalue weighted by Gasteiger charge is -2.31. The Morgan fingerprint density at radius 2 is 1.79 bits per heavy atom. The Balaban J connectivity index is 2.46. The van der Waals surface area contributed by atoms with Gasteiger partial charge in [0.05, 0.1) is 6.61 Å². The summed E-state index contributed by atoms with van der Waals surface area (Å²) in [6.45, 7) is 8.58. The van der Waals surface area contributed by atoms with Gasteiger partial charge in [-0.3, -0.25) is 0 Å². The Bertz CT molecular complexity index is 656. The van der Waals surface area contributed by atoms with E-state index in [1.165, 1.54) is 6.42 Å². The number of hydrogen-bond donors (Lipinski definition) is 0. The second kappa shape index (κ2) is 7.44. The van der Waals surface area contributed by atoms with Gasteiger partial charge in [0.25, 0.3) is 0 Å². The van der Waals surface area contributed by atoms with Crippen molar-refractivity contribution in [1.82, 2.24) is 4.31 Å². The van der Waals surface area contributed by atoms with Crippen LogP contribution in [0.25, 0.3) is 0 Å². The van der Waals surface area contributed by atoms with Gasteiger partial charge in [0.2, 0.25) is 10.0 Å². The standard InChI is InChI=1S/C19H31NO3S/c1-6-23-17-13-12-15(19(2,3)4)14-18(17)24(21,22)20(5)16-10-8-7-9-11-16/h12-14,16H,6-11H2,1-5H3. The first kappa shape index (κ1) is 19.3. The number of sulfonamides is 1. The predicted molar refractivity (Wildman–Crippen MR) is 98.1 cm³/mol.